The van der Waals surface area contributed by atoms with Gasteiger partial charge in [0, 0.05) is 32.0 Å². The van der Waals surface area contributed by atoms with E-state index in [1.54, 1.807) is 12.1 Å². The molecule has 0 saturated carbocycles. The van der Waals surface area contributed by atoms with Crippen molar-refractivity contribution in [2.75, 3.05) is 30.9 Å². The van der Waals surface area contributed by atoms with Gasteiger partial charge in [0.1, 0.15) is 0 Å². The summed E-state index contributed by atoms with van der Waals surface area (Å²) in [6, 6.07) is 7.37. The van der Waals surface area contributed by atoms with Crippen molar-refractivity contribution in [3.8, 4) is 0 Å². The summed E-state index contributed by atoms with van der Waals surface area (Å²) in [6.45, 7) is 4.82. The Labute approximate surface area is 139 Å². The van der Waals surface area contributed by atoms with Gasteiger partial charge in [0.05, 0.1) is 0 Å². The molecule has 1 aromatic carbocycles. The fourth-order valence-electron chi connectivity index (χ4n) is 2.29. The molecule has 0 unspecified atom stereocenters. The molecule has 1 atom stereocenters. The van der Waals surface area contributed by atoms with Gasteiger partial charge in [-0.2, -0.15) is 0 Å². The van der Waals surface area contributed by atoms with Crippen molar-refractivity contribution in [1.82, 2.24) is 5.32 Å². The quantitative estimate of drug-likeness (QED) is 0.724. The third kappa shape index (κ3) is 6.72. The molecule has 0 aliphatic rings. The van der Waals surface area contributed by atoms with Crippen molar-refractivity contribution in [1.29, 1.82) is 0 Å². The van der Waals surface area contributed by atoms with Crippen LogP contribution in [-0.4, -0.2) is 32.5 Å². The Balaban J connectivity index is 2.45. The molecule has 23 heavy (non-hydrogen) atoms. The monoisotopic (exact) mass is 319 g/mol. The molecule has 0 bridgehead atoms. The zero-order valence-corrected chi connectivity index (χ0v) is 14.7. The molecule has 2 amide bonds. The minimum absolute atomic E-state index is 0.436. The van der Waals surface area contributed by atoms with E-state index in [1.165, 1.54) is 0 Å². The van der Waals surface area contributed by atoms with E-state index < -0.39 is 11.8 Å². The van der Waals surface area contributed by atoms with Crippen LogP contribution in [0.2, 0.25) is 0 Å². The maximum absolute atomic E-state index is 11.9. The molecule has 0 radical (unpaired) electrons. The molecule has 0 fully saturated rings. The fraction of sp³-hybridized carbons (Fsp3) is 0.556. The van der Waals surface area contributed by atoms with Crippen LogP contribution >= 0.6 is 0 Å². The molecular weight excluding hydrogens is 290 g/mol. The first kappa shape index (κ1) is 19.0. The van der Waals surface area contributed by atoms with Crippen LogP contribution in [-0.2, 0) is 9.59 Å². The first-order valence-electron chi connectivity index (χ1n) is 8.34. The van der Waals surface area contributed by atoms with Gasteiger partial charge in [0.2, 0.25) is 0 Å². The lowest BCUT2D eigenvalue weighted by atomic mass is 9.99. The minimum atomic E-state index is -0.618. The van der Waals surface area contributed by atoms with Gasteiger partial charge in [0.15, 0.2) is 0 Å². The Kier molecular flexibility index (Phi) is 8.16. The number of rotatable bonds is 8. The Bertz CT molecular complexity index is 497. The van der Waals surface area contributed by atoms with E-state index >= 15 is 0 Å². The van der Waals surface area contributed by atoms with Crippen molar-refractivity contribution in [2.45, 2.75) is 39.5 Å². The highest BCUT2D eigenvalue weighted by molar-refractivity contribution is 6.39. The number of unbranched alkanes of at least 4 members (excludes halogenated alkanes) is 1. The zero-order chi connectivity index (χ0) is 17.2. The summed E-state index contributed by atoms with van der Waals surface area (Å²) in [6.07, 6.45) is 4.39. The van der Waals surface area contributed by atoms with E-state index in [0.29, 0.717) is 18.2 Å². The standard InChI is InChI=1S/C18H29N3O2/c1-5-7-8-14(6-2)13-19-17(22)18(23)20-15-9-11-16(12-10-15)21(3)4/h9-12,14H,5-8,13H2,1-4H3,(H,19,22)(H,20,23)/t14-/m1/s1. The summed E-state index contributed by atoms with van der Waals surface area (Å²) in [5.74, 6) is -0.754. The number of anilines is 2. The summed E-state index contributed by atoms with van der Waals surface area (Å²) >= 11 is 0. The van der Waals surface area contributed by atoms with Crippen molar-refractivity contribution >= 4 is 23.2 Å². The molecule has 128 valence electrons. The Morgan fingerprint density at radius 3 is 2.26 bits per heavy atom. The van der Waals surface area contributed by atoms with Crippen molar-refractivity contribution in [2.24, 2.45) is 5.92 Å². The molecule has 5 nitrogen and oxygen atoms in total. The van der Waals surface area contributed by atoms with Crippen molar-refractivity contribution in [3.05, 3.63) is 24.3 Å². The number of carbonyl (C=O) groups is 2. The van der Waals surface area contributed by atoms with E-state index in [-0.39, 0.29) is 0 Å². The number of benzene rings is 1. The predicted molar refractivity (Wildman–Crippen MR) is 95.7 cm³/mol. The van der Waals surface area contributed by atoms with Gasteiger partial charge in [-0.15, -0.1) is 0 Å². The highest BCUT2D eigenvalue weighted by atomic mass is 16.2. The molecule has 0 saturated heterocycles. The van der Waals surface area contributed by atoms with Crippen LogP contribution in [0.5, 0.6) is 0 Å². The number of hydrogen-bond donors (Lipinski definition) is 2. The van der Waals surface area contributed by atoms with Crippen LogP contribution in [0, 0.1) is 5.92 Å². The summed E-state index contributed by atoms with van der Waals surface area (Å²) in [7, 11) is 3.90. The third-order valence-corrected chi connectivity index (χ3v) is 3.94. The van der Waals surface area contributed by atoms with Crippen molar-refractivity contribution in [3.63, 3.8) is 0 Å². The number of nitrogens with zero attached hydrogens (tertiary/aromatic N) is 1. The zero-order valence-electron chi connectivity index (χ0n) is 14.7. The average Bonchev–Trinajstić information content (AvgIpc) is 2.55. The molecular formula is C18H29N3O2. The van der Waals surface area contributed by atoms with E-state index in [2.05, 4.69) is 24.5 Å². The highest BCUT2D eigenvalue weighted by Gasteiger charge is 2.15. The van der Waals surface area contributed by atoms with Crippen LogP contribution in [0.15, 0.2) is 24.3 Å². The first-order valence-corrected chi connectivity index (χ1v) is 8.34. The van der Waals surface area contributed by atoms with Crippen molar-refractivity contribution < 1.29 is 9.59 Å². The van der Waals surface area contributed by atoms with Gasteiger partial charge in [-0.05, 0) is 36.6 Å². The molecule has 0 aromatic heterocycles. The van der Waals surface area contributed by atoms with Crippen LogP contribution in [0.3, 0.4) is 0 Å². The maximum atomic E-state index is 11.9. The number of carbonyl (C=O) groups excluding carboxylic acids is 2. The highest BCUT2D eigenvalue weighted by Crippen LogP contribution is 2.15. The number of amides is 2. The molecule has 1 aromatic rings. The van der Waals surface area contributed by atoms with Gasteiger partial charge >= 0.3 is 11.8 Å². The van der Waals surface area contributed by atoms with E-state index in [1.807, 2.05) is 31.1 Å². The second kappa shape index (κ2) is 9.87. The molecule has 1 rings (SSSR count). The van der Waals surface area contributed by atoms with E-state index in [0.717, 1.165) is 31.4 Å². The number of nitrogens with one attached hydrogen (secondary N) is 2. The minimum Gasteiger partial charge on any atom is -0.378 e. The lowest BCUT2D eigenvalue weighted by Gasteiger charge is -2.15. The molecule has 0 aliphatic carbocycles. The Morgan fingerprint density at radius 1 is 1.09 bits per heavy atom. The second-order valence-corrected chi connectivity index (χ2v) is 6.02. The smallest absolute Gasteiger partial charge is 0.313 e. The van der Waals surface area contributed by atoms with Gasteiger partial charge in [-0.1, -0.05) is 33.1 Å². The third-order valence-electron chi connectivity index (χ3n) is 3.94. The van der Waals surface area contributed by atoms with Gasteiger partial charge in [0.25, 0.3) is 0 Å². The molecule has 0 aliphatic heterocycles. The summed E-state index contributed by atoms with van der Waals surface area (Å²) in [5, 5.41) is 5.36. The van der Waals surface area contributed by atoms with E-state index in [4.69, 9.17) is 0 Å². The van der Waals surface area contributed by atoms with Crippen LogP contribution in [0.4, 0.5) is 11.4 Å². The topological polar surface area (TPSA) is 61.4 Å². The number of hydrogen-bond acceptors (Lipinski definition) is 3. The van der Waals surface area contributed by atoms with Gasteiger partial charge in [-0.3, -0.25) is 9.59 Å². The lowest BCUT2D eigenvalue weighted by molar-refractivity contribution is -0.136. The summed E-state index contributed by atoms with van der Waals surface area (Å²) < 4.78 is 0. The van der Waals surface area contributed by atoms with Gasteiger partial charge < -0.3 is 15.5 Å². The molecule has 2 N–H and O–H groups in total. The molecule has 0 spiro atoms. The lowest BCUT2D eigenvalue weighted by Crippen LogP contribution is -2.38. The molecule has 0 heterocycles. The molecule has 5 heteroatoms. The van der Waals surface area contributed by atoms with Crippen LogP contribution in [0.25, 0.3) is 0 Å². The average molecular weight is 319 g/mol. The maximum Gasteiger partial charge on any atom is 0.313 e. The predicted octanol–water partition coefficient (Wildman–Crippen LogP) is 3.02. The van der Waals surface area contributed by atoms with Crippen LogP contribution in [0.1, 0.15) is 39.5 Å². The second-order valence-electron chi connectivity index (χ2n) is 6.02. The summed E-state index contributed by atoms with van der Waals surface area (Å²) in [5.41, 5.74) is 1.66. The summed E-state index contributed by atoms with van der Waals surface area (Å²) in [4.78, 5) is 25.8. The first-order chi connectivity index (χ1) is 11.0. The SMILES string of the molecule is CCCC[C@@H](CC)CNC(=O)C(=O)Nc1ccc(N(C)C)cc1. The normalized spacial score (nSPS) is 11.7. The fourth-order valence-corrected chi connectivity index (χ4v) is 2.29. The van der Waals surface area contributed by atoms with Crippen LogP contribution < -0.4 is 15.5 Å². The van der Waals surface area contributed by atoms with Gasteiger partial charge in [-0.25, -0.2) is 0 Å². The Hall–Kier alpha value is -2.04. The Morgan fingerprint density at radius 2 is 1.74 bits per heavy atom. The van der Waals surface area contributed by atoms with E-state index in [9.17, 15) is 9.59 Å². The largest absolute Gasteiger partial charge is 0.378 e.